The molecule has 0 spiro atoms. The van der Waals surface area contributed by atoms with Crippen molar-refractivity contribution in [2.45, 2.75) is 20.0 Å². The summed E-state index contributed by atoms with van der Waals surface area (Å²) < 4.78 is 1.68. The van der Waals surface area contributed by atoms with E-state index in [1.807, 2.05) is 0 Å². The van der Waals surface area contributed by atoms with Gasteiger partial charge in [-0.15, -0.1) is 0 Å². The average Bonchev–Trinajstić information content (AvgIpc) is 2.66. The van der Waals surface area contributed by atoms with Crippen molar-refractivity contribution >= 4 is 5.97 Å². The normalized spacial score (nSPS) is 15.9. The van der Waals surface area contributed by atoms with Crippen molar-refractivity contribution in [2.24, 2.45) is 7.05 Å². The third-order valence-electron chi connectivity index (χ3n) is 2.68. The van der Waals surface area contributed by atoms with Crippen LogP contribution in [0.5, 0.6) is 0 Å². The molecule has 1 N–H and O–H groups in total. The Bertz CT molecular complexity index is 384. The van der Waals surface area contributed by atoms with E-state index in [1.165, 1.54) is 0 Å². The largest absolute Gasteiger partial charge is 0.476 e. The molecule has 5 nitrogen and oxygen atoms in total. The van der Waals surface area contributed by atoms with Gasteiger partial charge in [-0.2, -0.15) is 5.10 Å². The molecule has 0 unspecified atom stereocenters. The summed E-state index contributed by atoms with van der Waals surface area (Å²) in [6.07, 6.45) is 0. The zero-order valence-electron chi connectivity index (χ0n) is 8.32. The summed E-state index contributed by atoms with van der Waals surface area (Å²) in [5, 5.41) is 12.9. The number of carbonyl (C=O) groups is 1. The number of aryl methyl sites for hydroxylation is 1. The molecule has 2 rings (SSSR count). The minimum absolute atomic E-state index is 0.207. The van der Waals surface area contributed by atoms with Gasteiger partial charge in [0.15, 0.2) is 5.69 Å². The lowest BCUT2D eigenvalue weighted by molar-refractivity contribution is 0.0687. The van der Waals surface area contributed by atoms with Crippen LogP contribution in [-0.4, -0.2) is 32.3 Å². The van der Waals surface area contributed by atoms with Crippen molar-refractivity contribution in [1.29, 1.82) is 0 Å². The van der Waals surface area contributed by atoms with Gasteiger partial charge >= 0.3 is 5.97 Å². The fourth-order valence-corrected chi connectivity index (χ4v) is 1.85. The highest BCUT2D eigenvalue weighted by molar-refractivity contribution is 5.87. The monoisotopic (exact) mass is 195 g/mol. The van der Waals surface area contributed by atoms with E-state index in [9.17, 15) is 4.79 Å². The molecular formula is C9H13N3O2. The zero-order valence-corrected chi connectivity index (χ0v) is 8.32. The maximum atomic E-state index is 10.9. The number of aromatic nitrogens is 2. The van der Waals surface area contributed by atoms with Gasteiger partial charge in [-0.05, 0) is 6.54 Å². The number of rotatable bonds is 2. The third-order valence-corrected chi connectivity index (χ3v) is 2.68. The topological polar surface area (TPSA) is 58.4 Å². The van der Waals surface area contributed by atoms with Crippen LogP contribution in [0.15, 0.2) is 0 Å². The average molecular weight is 195 g/mol. The smallest absolute Gasteiger partial charge is 0.356 e. The minimum Gasteiger partial charge on any atom is -0.476 e. The van der Waals surface area contributed by atoms with Gasteiger partial charge in [0.1, 0.15) is 0 Å². The molecule has 14 heavy (non-hydrogen) atoms. The second kappa shape index (κ2) is 3.09. The standard InChI is InChI=1S/C9H13N3O2/c1-3-12-4-6-7(5-12)11(2)10-8(6)9(13)14/h3-5H2,1-2H3,(H,13,14). The molecule has 1 aromatic rings. The molecular weight excluding hydrogens is 182 g/mol. The maximum Gasteiger partial charge on any atom is 0.356 e. The van der Waals surface area contributed by atoms with Crippen LogP contribution in [-0.2, 0) is 20.1 Å². The van der Waals surface area contributed by atoms with Crippen molar-refractivity contribution in [3.63, 3.8) is 0 Å². The molecule has 76 valence electrons. The SMILES string of the molecule is CCN1Cc2c(C(=O)O)nn(C)c2C1. The van der Waals surface area contributed by atoms with Crippen LogP contribution in [0.1, 0.15) is 28.7 Å². The second-order valence-electron chi connectivity index (χ2n) is 3.51. The first kappa shape index (κ1) is 9.21. The molecule has 0 saturated carbocycles. The van der Waals surface area contributed by atoms with E-state index in [2.05, 4.69) is 16.9 Å². The Balaban J connectivity index is 2.42. The van der Waals surface area contributed by atoms with Crippen molar-refractivity contribution in [1.82, 2.24) is 14.7 Å². The summed E-state index contributed by atoms with van der Waals surface area (Å²) in [7, 11) is 1.80. The predicted molar refractivity (Wildman–Crippen MR) is 50.0 cm³/mol. The lowest BCUT2D eigenvalue weighted by Gasteiger charge is -2.11. The molecule has 1 aliphatic heterocycles. The molecule has 0 radical (unpaired) electrons. The Kier molecular flexibility index (Phi) is 2.03. The third kappa shape index (κ3) is 1.21. The van der Waals surface area contributed by atoms with Crippen LogP contribution in [0.2, 0.25) is 0 Å². The van der Waals surface area contributed by atoms with Crippen LogP contribution < -0.4 is 0 Å². The summed E-state index contributed by atoms with van der Waals surface area (Å²) in [6.45, 7) is 4.53. The minimum atomic E-state index is -0.931. The van der Waals surface area contributed by atoms with Gasteiger partial charge in [0.2, 0.25) is 0 Å². The van der Waals surface area contributed by atoms with Gasteiger partial charge in [0.25, 0.3) is 0 Å². The lowest BCUT2D eigenvalue weighted by atomic mass is 10.2. The Morgan fingerprint density at radius 3 is 2.86 bits per heavy atom. The number of carboxylic acid groups (broad SMARTS) is 1. The van der Waals surface area contributed by atoms with E-state index in [1.54, 1.807) is 11.7 Å². The molecule has 0 atom stereocenters. The van der Waals surface area contributed by atoms with Gasteiger partial charge in [0, 0.05) is 25.7 Å². The van der Waals surface area contributed by atoms with Gasteiger partial charge in [-0.3, -0.25) is 9.58 Å². The Morgan fingerprint density at radius 1 is 1.57 bits per heavy atom. The lowest BCUT2D eigenvalue weighted by Crippen LogP contribution is -2.17. The first-order valence-corrected chi connectivity index (χ1v) is 4.64. The molecule has 0 saturated heterocycles. The van der Waals surface area contributed by atoms with Gasteiger partial charge in [-0.25, -0.2) is 4.79 Å². The molecule has 0 aliphatic carbocycles. The Morgan fingerprint density at radius 2 is 2.29 bits per heavy atom. The van der Waals surface area contributed by atoms with E-state index >= 15 is 0 Å². The number of carboxylic acids is 1. The van der Waals surface area contributed by atoms with E-state index in [0.717, 1.165) is 24.3 Å². The van der Waals surface area contributed by atoms with Gasteiger partial charge in [-0.1, -0.05) is 6.92 Å². The highest BCUT2D eigenvalue weighted by atomic mass is 16.4. The van der Waals surface area contributed by atoms with Crippen LogP contribution in [0.25, 0.3) is 0 Å². The maximum absolute atomic E-state index is 10.9. The fraction of sp³-hybridized carbons (Fsp3) is 0.556. The molecule has 0 amide bonds. The first-order chi connectivity index (χ1) is 6.63. The molecule has 5 heteroatoms. The van der Waals surface area contributed by atoms with E-state index in [0.29, 0.717) is 6.54 Å². The Hall–Kier alpha value is -1.36. The molecule has 2 heterocycles. The van der Waals surface area contributed by atoms with Crippen molar-refractivity contribution < 1.29 is 9.90 Å². The van der Waals surface area contributed by atoms with Crippen molar-refractivity contribution in [3.05, 3.63) is 17.0 Å². The zero-order chi connectivity index (χ0) is 10.3. The molecule has 0 bridgehead atoms. The van der Waals surface area contributed by atoms with E-state index in [4.69, 9.17) is 5.11 Å². The van der Waals surface area contributed by atoms with Crippen LogP contribution >= 0.6 is 0 Å². The van der Waals surface area contributed by atoms with E-state index < -0.39 is 5.97 Å². The second-order valence-corrected chi connectivity index (χ2v) is 3.51. The number of fused-ring (bicyclic) bond motifs is 1. The number of nitrogens with zero attached hydrogens (tertiary/aromatic N) is 3. The van der Waals surface area contributed by atoms with Crippen LogP contribution in [0.3, 0.4) is 0 Å². The number of hydrogen-bond acceptors (Lipinski definition) is 3. The van der Waals surface area contributed by atoms with Gasteiger partial charge in [0.05, 0.1) is 5.69 Å². The van der Waals surface area contributed by atoms with Crippen molar-refractivity contribution in [2.75, 3.05) is 6.54 Å². The highest BCUT2D eigenvalue weighted by Gasteiger charge is 2.28. The summed E-state index contributed by atoms with van der Waals surface area (Å²) in [4.78, 5) is 13.1. The molecule has 1 aliphatic rings. The van der Waals surface area contributed by atoms with Crippen LogP contribution in [0.4, 0.5) is 0 Å². The number of aromatic carboxylic acids is 1. The summed E-state index contributed by atoms with van der Waals surface area (Å²) >= 11 is 0. The van der Waals surface area contributed by atoms with Crippen molar-refractivity contribution in [3.8, 4) is 0 Å². The first-order valence-electron chi connectivity index (χ1n) is 4.64. The summed E-state index contributed by atoms with van der Waals surface area (Å²) in [5.41, 5.74) is 2.12. The number of hydrogen-bond donors (Lipinski definition) is 1. The fourth-order valence-electron chi connectivity index (χ4n) is 1.85. The predicted octanol–water partition coefficient (Wildman–Crippen LogP) is 0.454. The Labute approximate surface area is 81.9 Å². The quantitative estimate of drug-likeness (QED) is 0.744. The summed E-state index contributed by atoms with van der Waals surface area (Å²) in [6, 6.07) is 0. The highest BCUT2D eigenvalue weighted by Crippen LogP contribution is 2.24. The molecule has 1 aromatic heterocycles. The molecule has 0 aromatic carbocycles. The van der Waals surface area contributed by atoms with Gasteiger partial charge < -0.3 is 5.11 Å². The summed E-state index contributed by atoms with van der Waals surface area (Å²) in [5.74, 6) is -0.931. The molecule has 0 fully saturated rings. The van der Waals surface area contributed by atoms with E-state index in [-0.39, 0.29) is 5.69 Å². The van der Waals surface area contributed by atoms with Crippen LogP contribution in [0, 0.1) is 0 Å².